The van der Waals surface area contributed by atoms with Crippen LogP contribution >= 0.6 is 0 Å². The minimum Gasteiger partial charge on any atom is -0.456 e. The largest absolute Gasteiger partial charge is 0.456 e. The van der Waals surface area contributed by atoms with Gasteiger partial charge in [-0.25, -0.2) is 0 Å². The molecule has 1 aromatic heterocycles. The fourth-order valence-electron chi connectivity index (χ4n) is 8.82. The topological polar surface area (TPSA) is 16.4 Å². The first kappa shape index (κ1) is 36.8. The number of hydrogen-bond donors (Lipinski definition) is 0. The molecule has 0 unspecified atom stereocenters. The van der Waals surface area contributed by atoms with Crippen LogP contribution in [0.2, 0.25) is 0 Å². The van der Waals surface area contributed by atoms with Crippen molar-refractivity contribution < 1.29 is 4.42 Å². The quantitative estimate of drug-likeness (QED) is 0.145. The molecule has 0 fully saturated rings. The first-order valence-corrected chi connectivity index (χ1v) is 21.2. The standard InChI is InChI=1S/C60H41NO/c1-2-15-44(16-3-1)53-19-7-10-22-56(53)57-23-11-8-20-54(57)45-30-36-51(37-31-45)61(50-34-28-43(29-35-50)48-27-26-42-14-4-5-17-47(42)40-48)52-38-32-46(33-39-52)55-21-9-12-24-58(55)60-41-49-18-6-13-25-59(49)62-60/h1-41H. The van der Waals surface area contributed by atoms with E-state index in [1.807, 2.05) is 18.2 Å². The Hall–Kier alpha value is -8.20. The van der Waals surface area contributed by atoms with Gasteiger partial charge in [-0.15, -0.1) is 0 Å². The second kappa shape index (κ2) is 16.1. The first-order chi connectivity index (χ1) is 30.7. The Labute approximate surface area is 362 Å². The number of benzene rings is 10. The lowest BCUT2D eigenvalue weighted by Crippen LogP contribution is -2.09. The molecule has 292 valence electrons. The van der Waals surface area contributed by atoms with E-state index >= 15 is 0 Å². The van der Waals surface area contributed by atoms with Gasteiger partial charge in [-0.3, -0.25) is 0 Å². The van der Waals surface area contributed by atoms with E-state index in [-0.39, 0.29) is 0 Å². The maximum absolute atomic E-state index is 6.35. The predicted molar refractivity (Wildman–Crippen MR) is 261 cm³/mol. The van der Waals surface area contributed by atoms with Crippen molar-refractivity contribution in [2.24, 2.45) is 0 Å². The molecule has 0 amide bonds. The van der Waals surface area contributed by atoms with Crippen molar-refractivity contribution in [2.75, 3.05) is 4.90 Å². The Morgan fingerprint density at radius 3 is 1.21 bits per heavy atom. The van der Waals surface area contributed by atoms with E-state index in [1.165, 1.54) is 49.7 Å². The second-order valence-corrected chi connectivity index (χ2v) is 15.7. The Bertz CT molecular complexity index is 3290. The van der Waals surface area contributed by atoms with Crippen LogP contribution in [-0.2, 0) is 0 Å². The minimum absolute atomic E-state index is 0.865. The molecule has 0 saturated carbocycles. The molecule has 0 saturated heterocycles. The van der Waals surface area contributed by atoms with Crippen LogP contribution in [0.1, 0.15) is 0 Å². The summed E-state index contributed by atoms with van der Waals surface area (Å²) in [4.78, 5) is 2.35. The average Bonchev–Trinajstić information content (AvgIpc) is 3.80. The molecule has 0 radical (unpaired) electrons. The molecule has 0 aliphatic heterocycles. The SMILES string of the molecule is c1ccc(-c2ccccc2-c2ccccc2-c2ccc(N(c3ccc(-c4ccc5ccccc5c4)cc3)c3ccc(-c4ccccc4-c4cc5ccccc5o4)cc3)cc2)cc1. The van der Waals surface area contributed by atoms with Crippen molar-refractivity contribution in [3.63, 3.8) is 0 Å². The van der Waals surface area contributed by atoms with E-state index in [0.29, 0.717) is 0 Å². The highest BCUT2D eigenvalue weighted by Gasteiger charge is 2.17. The van der Waals surface area contributed by atoms with Crippen LogP contribution < -0.4 is 4.90 Å². The van der Waals surface area contributed by atoms with Gasteiger partial charge >= 0.3 is 0 Å². The highest BCUT2D eigenvalue weighted by molar-refractivity contribution is 5.93. The van der Waals surface area contributed by atoms with Crippen LogP contribution in [0.3, 0.4) is 0 Å². The van der Waals surface area contributed by atoms with Crippen molar-refractivity contribution in [1.29, 1.82) is 0 Å². The van der Waals surface area contributed by atoms with Crippen LogP contribution in [0.5, 0.6) is 0 Å². The Kier molecular flexibility index (Phi) is 9.57. The zero-order valence-electron chi connectivity index (χ0n) is 34.0. The summed E-state index contributed by atoms with van der Waals surface area (Å²) in [7, 11) is 0. The molecule has 62 heavy (non-hydrogen) atoms. The van der Waals surface area contributed by atoms with Crippen molar-refractivity contribution >= 4 is 38.8 Å². The summed E-state index contributed by atoms with van der Waals surface area (Å²) in [5.41, 5.74) is 17.0. The zero-order valence-corrected chi connectivity index (χ0v) is 34.0. The molecule has 0 atom stereocenters. The van der Waals surface area contributed by atoms with E-state index < -0.39 is 0 Å². The third kappa shape index (κ3) is 7.04. The molecule has 2 nitrogen and oxygen atoms in total. The number of furan rings is 1. The molecular weight excluding hydrogens is 751 g/mol. The van der Waals surface area contributed by atoms with Crippen molar-refractivity contribution in [2.45, 2.75) is 0 Å². The van der Waals surface area contributed by atoms with Gasteiger partial charge in [0.15, 0.2) is 0 Å². The number of anilines is 3. The van der Waals surface area contributed by atoms with Crippen LogP contribution in [0, 0.1) is 0 Å². The van der Waals surface area contributed by atoms with E-state index in [9.17, 15) is 0 Å². The molecule has 0 aliphatic rings. The maximum Gasteiger partial charge on any atom is 0.136 e. The molecule has 0 N–H and O–H groups in total. The minimum atomic E-state index is 0.865. The maximum atomic E-state index is 6.35. The molecule has 11 aromatic rings. The molecule has 0 bridgehead atoms. The zero-order chi connectivity index (χ0) is 41.2. The van der Waals surface area contributed by atoms with Crippen molar-refractivity contribution in [3.05, 3.63) is 249 Å². The van der Waals surface area contributed by atoms with Crippen LogP contribution in [-0.4, -0.2) is 0 Å². The Morgan fingerprint density at radius 2 is 0.645 bits per heavy atom. The van der Waals surface area contributed by atoms with Crippen LogP contribution in [0.4, 0.5) is 17.1 Å². The first-order valence-electron chi connectivity index (χ1n) is 21.2. The van der Waals surface area contributed by atoms with E-state index in [4.69, 9.17) is 4.42 Å². The Morgan fingerprint density at radius 1 is 0.242 bits per heavy atom. The van der Waals surface area contributed by atoms with Gasteiger partial charge in [0.1, 0.15) is 11.3 Å². The molecule has 2 heteroatoms. The van der Waals surface area contributed by atoms with Crippen LogP contribution in [0.25, 0.3) is 88.7 Å². The lowest BCUT2D eigenvalue weighted by atomic mass is 9.89. The van der Waals surface area contributed by atoms with Crippen molar-refractivity contribution in [3.8, 4) is 67.0 Å². The van der Waals surface area contributed by atoms with Gasteiger partial charge in [0.05, 0.1) is 0 Å². The monoisotopic (exact) mass is 791 g/mol. The molecule has 0 spiro atoms. The highest BCUT2D eigenvalue weighted by Crippen LogP contribution is 2.42. The van der Waals surface area contributed by atoms with Gasteiger partial charge < -0.3 is 9.32 Å². The van der Waals surface area contributed by atoms with Gasteiger partial charge in [-0.1, -0.05) is 194 Å². The molecule has 1 heterocycles. The predicted octanol–water partition coefficient (Wildman–Crippen LogP) is 17.1. The number of hydrogen-bond acceptors (Lipinski definition) is 2. The van der Waals surface area contributed by atoms with Gasteiger partial charge in [0.2, 0.25) is 0 Å². The average molecular weight is 792 g/mol. The van der Waals surface area contributed by atoms with E-state index in [1.54, 1.807) is 0 Å². The third-order valence-corrected chi connectivity index (χ3v) is 11.9. The molecule has 11 rings (SSSR count). The smallest absolute Gasteiger partial charge is 0.136 e. The summed E-state index contributed by atoms with van der Waals surface area (Å²) in [5, 5.41) is 3.58. The highest BCUT2D eigenvalue weighted by atomic mass is 16.3. The summed E-state index contributed by atoms with van der Waals surface area (Å²) in [6.45, 7) is 0. The Balaban J connectivity index is 0.975. The normalized spacial score (nSPS) is 11.2. The molecular formula is C60H41NO. The fourth-order valence-corrected chi connectivity index (χ4v) is 8.82. The number of nitrogens with zero attached hydrogens (tertiary/aromatic N) is 1. The lowest BCUT2D eigenvalue weighted by molar-refractivity contribution is 0.632. The lowest BCUT2D eigenvalue weighted by Gasteiger charge is -2.26. The third-order valence-electron chi connectivity index (χ3n) is 11.9. The summed E-state index contributed by atoms with van der Waals surface area (Å²) >= 11 is 0. The van der Waals surface area contributed by atoms with Crippen molar-refractivity contribution in [1.82, 2.24) is 0 Å². The van der Waals surface area contributed by atoms with Gasteiger partial charge in [0, 0.05) is 28.0 Å². The number of rotatable bonds is 9. The van der Waals surface area contributed by atoms with Gasteiger partial charge in [-0.05, 0) is 121 Å². The fraction of sp³-hybridized carbons (Fsp3) is 0. The summed E-state index contributed by atoms with van der Waals surface area (Å²) in [6.07, 6.45) is 0. The summed E-state index contributed by atoms with van der Waals surface area (Å²) in [5.74, 6) is 0.865. The van der Waals surface area contributed by atoms with Gasteiger partial charge in [-0.2, -0.15) is 0 Å². The van der Waals surface area contributed by atoms with Crippen LogP contribution in [0.15, 0.2) is 253 Å². The summed E-state index contributed by atoms with van der Waals surface area (Å²) < 4.78 is 6.35. The molecule has 10 aromatic carbocycles. The van der Waals surface area contributed by atoms with E-state index in [0.717, 1.165) is 56.0 Å². The number of para-hydroxylation sites is 1. The number of fused-ring (bicyclic) bond motifs is 2. The van der Waals surface area contributed by atoms with Gasteiger partial charge in [0.25, 0.3) is 0 Å². The molecule has 0 aliphatic carbocycles. The second-order valence-electron chi connectivity index (χ2n) is 15.7. The van der Waals surface area contributed by atoms with E-state index in [2.05, 4.69) is 235 Å². The summed E-state index contributed by atoms with van der Waals surface area (Å²) in [6, 6.07) is 89.0.